The summed E-state index contributed by atoms with van der Waals surface area (Å²) < 4.78 is 5.87. The van der Waals surface area contributed by atoms with Crippen molar-refractivity contribution in [3.8, 4) is 28.3 Å². The second-order valence-electron chi connectivity index (χ2n) is 6.23. The Labute approximate surface area is 149 Å². The molecule has 0 unspecified atom stereocenters. The minimum atomic E-state index is 0.737. The summed E-state index contributed by atoms with van der Waals surface area (Å²) in [4.78, 5) is 0. The van der Waals surface area contributed by atoms with Crippen molar-refractivity contribution in [2.24, 2.45) is 0 Å². The van der Waals surface area contributed by atoms with E-state index in [4.69, 9.17) is 10.5 Å². The summed E-state index contributed by atoms with van der Waals surface area (Å²) in [5, 5.41) is 7.51. The molecule has 130 valence electrons. The van der Waals surface area contributed by atoms with E-state index in [1.165, 1.54) is 19.3 Å². The monoisotopic (exact) mass is 335 g/mol. The van der Waals surface area contributed by atoms with Gasteiger partial charge in [-0.2, -0.15) is 5.10 Å². The summed E-state index contributed by atoms with van der Waals surface area (Å²) in [7, 11) is 0. The molecule has 0 aliphatic heterocycles. The third-order valence-electron chi connectivity index (χ3n) is 4.17. The van der Waals surface area contributed by atoms with Crippen LogP contribution in [0.25, 0.3) is 22.5 Å². The van der Waals surface area contributed by atoms with Gasteiger partial charge in [-0.3, -0.25) is 5.10 Å². The summed E-state index contributed by atoms with van der Waals surface area (Å²) in [6.07, 6.45) is 4.83. The molecule has 0 aliphatic rings. The molecule has 0 aliphatic carbocycles. The minimum Gasteiger partial charge on any atom is -0.494 e. The Bertz CT molecular complexity index is 810. The molecular formula is C21H25N3O. The van der Waals surface area contributed by atoms with Gasteiger partial charge in [0, 0.05) is 16.8 Å². The molecule has 1 aromatic heterocycles. The van der Waals surface area contributed by atoms with Gasteiger partial charge in [0.15, 0.2) is 0 Å². The van der Waals surface area contributed by atoms with E-state index >= 15 is 0 Å². The van der Waals surface area contributed by atoms with Crippen LogP contribution in [0.3, 0.4) is 0 Å². The molecule has 3 N–H and O–H groups in total. The first-order valence-corrected chi connectivity index (χ1v) is 8.91. The van der Waals surface area contributed by atoms with Crippen LogP contribution in [0.5, 0.6) is 5.75 Å². The molecule has 4 heteroatoms. The Morgan fingerprint density at radius 3 is 2.64 bits per heavy atom. The van der Waals surface area contributed by atoms with Crippen LogP contribution in [0.4, 0.5) is 5.69 Å². The standard InChI is InChI=1S/C21H25N3O/c1-2-3-4-5-12-25-19-11-7-9-17(14-19)21-15-20(23-24-21)16-8-6-10-18(22)13-16/h6-11,13-15H,2-5,12,22H2,1H3,(H,23,24). The number of nitrogen functional groups attached to an aromatic ring is 1. The van der Waals surface area contributed by atoms with E-state index < -0.39 is 0 Å². The fraction of sp³-hybridized carbons (Fsp3) is 0.286. The molecule has 0 bridgehead atoms. The lowest BCUT2D eigenvalue weighted by Gasteiger charge is -2.07. The van der Waals surface area contributed by atoms with Crippen LogP contribution in [-0.4, -0.2) is 16.8 Å². The lowest BCUT2D eigenvalue weighted by atomic mass is 10.1. The highest BCUT2D eigenvalue weighted by atomic mass is 16.5. The molecule has 1 heterocycles. The van der Waals surface area contributed by atoms with Crippen molar-refractivity contribution < 1.29 is 4.74 Å². The number of hydrogen-bond acceptors (Lipinski definition) is 3. The van der Waals surface area contributed by atoms with Crippen LogP contribution in [0, 0.1) is 0 Å². The maximum Gasteiger partial charge on any atom is 0.119 e. The first kappa shape index (κ1) is 17.1. The average molecular weight is 335 g/mol. The zero-order valence-corrected chi connectivity index (χ0v) is 14.7. The van der Waals surface area contributed by atoms with Crippen molar-refractivity contribution in [3.05, 3.63) is 54.6 Å². The van der Waals surface area contributed by atoms with Gasteiger partial charge in [0.2, 0.25) is 0 Å². The number of anilines is 1. The van der Waals surface area contributed by atoms with Crippen LogP contribution in [-0.2, 0) is 0 Å². The van der Waals surface area contributed by atoms with Crippen molar-refractivity contribution in [3.63, 3.8) is 0 Å². The topological polar surface area (TPSA) is 63.9 Å². The molecule has 0 atom stereocenters. The second-order valence-corrected chi connectivity index (χ2v) is 6.23. The van der Waals surface area contributed by atoms with Crippen molar-refractivity contribution in [2.75, 3.05) is 12.3 Å². The first-order chi connectivity index (χ1) is 12.3. The van der Waals surface area contributed by atoms with Crippen LogP contribution in [0.2, 0.25) is 0 Å². The fourth-order valence-corrected chi connectivity index (χ4v) is 2.79. The molecule has 0 saturated heterocycles. The number of benzene rings is 2. The number of nitrogens with two attached hydrogens (primary N) is 1. The van der Waals surface area contributed by atoms with E-state index in [9.17, 15) is 0 Å². The van der Waals surface area contributed by atoms with Gasteiger partial charge in [0.1, 0.15) is 5.75 Å². The first-order valence-electron chi connectivity index (χ1n) is 8.91. The molecule has 3 rings (SSSR count). The van der Waals surface area contributed by atoms with Crippen LogP contribution in [0.1, 0.15) is 32.6 Å². The molecule has 25 heavy (non-hydrogen) atoms. The number of H-pyrrole nitrogens is 1. The van der Waals surface area contributed by atoms with Crippen molar-refractivity contribution >= 4 is 5.69 Å². The number of hydrogen-bond donors (Lipinski definition) is 2. The second kappa shape index (κ2) is 8.38. The summed E-state index contributed by atoms with van der Waals surface area (Å²) in [6, 6.07) is 17.9. The summed E-state index contributed by atoms with van der Waals surface area (Å²) in [6.45, 7) is 2.98. The predicted octanol–water partition coefficient (Wildman–Crippen LogP) is 5.29. The molecule has 0 fully saturated rings. The predicted molar refractivity (Wildman–Crippen MR) is 104 cm³/mol. The summed E-state index contributed by atoms with van der Waals surface area (Å²) >= 11 is 0. The number of aromatic nitrogens is 2. The Hall–Kier alpha value is -2.75. The average Bonchev–Trinajstić information content (AvgIpc) is 3.12. The van der Waals surface area contributed by atoms with E-state index in [0.29, 0.717) is 0 Å². The van der Waals surface area contributed by atoms with Gasteiger partial charge in [-0.1, -0.05) is 50.5 Å². The molecule has 0 radical (unpaired) electrons. The Morgan fingerprint density at radius 1 is 0.960 bits per heavy atom. The molecule has 3 aromatic rings. The highest BCUT2D eigenvalue weighted by Crippen LogP contribution is 2.27. The van der Waals surface area contributed by atoms with Gasteiger partial charge >= 0.3 is 0 Å². The number of unbranched alkanes of at least 4 members (excludes halogenated alkanes) is 3. The quantitative estimate of drug-likeness (QED) is 0.434. The number of aromatic amines is 1. The highest BCUT2D eigenvalue weighted by Gasteiger charge is 2.07. The van der Waals surface area contributed by atoms with Crippen LogP contribution in [0.15, 0.2) is 54.6 Å². The zero-order valence-electron chi connectivity index (χ0n) is 14.7. The van der Waals surface area contributed by atoms with Gasteiger partial charge in [-0.25, -0.2) is 0 Å². The van der Waals surface area contributed by atoms with E-state index in [0.717, 1.165) is 47.0 Å². The van der Waals surface area contributed by atoms with Gasteiger partial charge in [0.25, 0.3) is 0 Å². The smallest absolute Gasteiger partial charge is 0.119 e. The molecule has 0 spiro atoms. The lowest BCUT2D eigenvalue weighted by Crippen LogP contribution is -1.97. The lowest BCUT2D eigenvalue weighted by molar-refractivity contribution is 0.305. The van der Waals surface area contributed by atoms with Gasteiger partial charge < -0.3 is 10.5 Å². The number of nitrogens with one attached hydrogen (secondary N) is 1. The Kier molecular flexibility index (Phi) is 5.73. The minimum absolute atomic E-state index is 0.737. The zero-order chi connectivity index (χ0) is 17.5. The molecule has 2 aromatic carbocycles. The Balaban J connectivity index is 1.69. The highest BCUT2D eigenvalue weighted by molar-refractivity contribution is 5.70. The third-order valence-corrected chi connectivity index (χ3v) is 4.17. The van der Waals surface area contributed by atoms with Crippen molar-refractivity contribution in [1.29, 1.82) is 0 Å². The number of rotatable bonds is 8. The van der Waals surface area contributed by atoms with Crippen LogP contribution >= 0.6 is 0 Å². The normalized spacial score (nSPS) is 10.8. The van der Waals surface area contributed by atoms with E-state index in [-0.39, 0.29) is 0 Å². The summed E-state index contributed by atoms with van der Waals surface area (Å²) in [5.41, 5.74) is 10.5. The van der Waals surface area contributed by atoms with E-state index in [1.807, 2.05) is 42.5 Å². The van der Waals surface area contributed by atoms with Crippen molar-refractivity contribution in [1.82, 2.24) is 10.2 Å². The van der Waals surface area contributed by atoms with E-state index in [2.05, 4.69) is 29.3 Å². The number of ether oxygens (including phenoxy) is 1. The van der Waals surface area contributed by atoms with E-state index in [1.54, 1.807) is 0 Å². The molecule has 0 saturated carbocycles. The molecule has 0 amide bonds. The maximum absolute atomic E-state index is 5.87. The van der Waals surface area contributed by atoms with Gasteiger partial charge in [-0.15, -0.1) is 0 Å². The third kappa shape index (κ3) is 4.63. The molecular weight excluding hydrogens is 310 g/mol. The number of nitrogens with zero attached hydrogens (tertiary/aromatic N) is 1. The van der Waals surface area contributed by atoms with Gasteiger partial charge in [0.05, 0.1) is 18.0 Å². The largest absolute Gasteiger partial charge is 0.494 e. The van der Waals surface area contributed by atoms with Crippen LogP contribution < -0.4 is 10.5 Å². The van der Waals surface area contributed by atoms with Crippen molar-refractivity contribution in [2.45, 2.75) is 32.6 Å². The SMILES string of the molecule is CCCCCCOc1cccc(-c2cc(-c3cccc(N)c3)n[nH]2)c1. The molecule has 4 nitrogen and oxygen atoms in total. The fourth-order valence-electron chi connectivity index (χ4n) is 2.79. The van der Waals surface area contributed by atoms with Gasteiger partial charge in [-0.05, 0) is 36.8 Å². The summed E-state index contributed by atoms with van der Waals surface area (Å²) in [5.74, 6) is 0.897. The maximum atomic E-state index is 5.87. The Morgan fingerprint density at radius 2 is 1.80 bits per heavy atom.